The summed E-state index contributed by atoms with van der Waals surface area (Å²) in [5.74, 6) is 0.921. The summed E-state index contributed by atoms with van der Waals surface area (Å²) >= 11 is 1.83. The molecule has 0 bridgehead atoms. The van der Waals surface area contributed by atoms with E-state index >= 15 is 0 Å². The topological polar surface area (TPSA) is 48.9 Å². The second-order valence-electron chi connectivity index (χ2n) is 7.90. The fourth-order valence-electron chi connectivity index (χ4n) is 4.03. The number of hydrogen-bond donors (Lipinski definition) is 2. The standard InChI is InChI=1S/C23H32N4OS/c1-2-24-22(26-18-23(10-11-23)19-7-4-3-5-8-19)25-17-20(21-9-6-16-29-21)27-12-14-28-15-13-27/h3-9,16,20H,2,10-15,17-18H2,1H3,(H2,24,25,26). The van der Waals surface area contributed by atoms with E-state index in [0.717, 1.165) is 51.9 Å². The molecule has 1 unspecified atom stereocenters. The zero-order valence-electron chi connectivity index (χ0n) is 17.3. The molecule has 5 nitrogen and oxygen atoms in total. The molecule has 1 atom stereocenters. The van der Waals surface area contributed by atoms with Crippen molar-refractivity contribution in [3.05, 3.63) is 58.3 Å². The lowest BCUT2D eigenvalue weighted by atomic mass is 9.96. The van der Waals surface area contributed by atoms with Crippen LogP contribution in [0, 0.1) is 0 Å². The molecular formula is C23H32N4OS. The molecule has 1 saturated carbocycles. The van der Waals surface area contributed by atoms with Crippen molar-refractivity contribution >= 4 is 17.3 Å². The number of nitrogens with one attached hydrogen (secondary N) is 2. The molecule has 0 amide bonds. The van der Waals surface area contributed by atoms with E-state index in [1.54, 1.807) is 0 Å². The summed E-state index contributed by atoms with van der Waals surface area (Å²) in [7, 11) is 0. The molecule has 2 aliphatic rings. The highest BCUT2D eigenvalue weighted by atomic mass is 32.1. The van der Waals surface area contributed by atoms with Gasteiger partial charge in [0.05, 0.1) is 25.8 Å². The minimum absolute atomic E-state index is 0.237. The lowest BCUT2D eigenvalue weighted by Crippen LogP contribution is -2.46. The van der Waals surface area contributed by atoms with E-state index in [-0.39, 0.29) is 5.41 Å². The third-order valence-corrected chi connectivity index (χ3v) is 6.92. The Labute approximate surface area is 178 Å². The first-order valence-electron chi connectivity index (χ1n) is 10.7. The maximum absolute atomic E-state index is 5.56. The molecule has 1 aliphatic heterocycles. The number of morpholine rings is 1. The third-order valence-electron chi connectivity index (χ3n) is 5.94. The number of aliphatic imine (C=N–C) groups is 1. The monoisotopic (exact) mass is 412 g/mol. The molecule has 1 aromatic carbocycles. The summed E-state index contributed by atoms with van der Waals surface area (Å²) in [6.07, 6.45) is 2.46. The molecule has 6 heteroatoms. The fraction of sp³-hybridized carbons (Fsp3) is 0.522. The molecule has 2 aromatic rings. The Bertz CT molecular complexity index is 767. The van der Waals surface area contributed by atoms with Crippen molar-refractivity contribution in [2.45, 2.75) is 31.2 Å². The van der Waals surface area contributed by atoms with Gasteiger partial charge in [0.2, 0.25) is 0 Å². The van der Waals surface area contributed by atoms with E-state index in [1.165, 1.54) is 23.3 Å². The predicted octanol–water partition coefficient (Wildman–Crippen LogP) is 3.41. The summed E-state index contributed by atoms with van der Waals surface area (Å²) in [5, 5.41) is 9.22. The first kappa shape index (κ1) is 20.4. The van der Waals surface area contributed by atoms with Gasteiger partial charge in [-0.3, -0.25) is 9.89 Å². The van der Waals surface area contributed by atoms with Crippen molar-refractivity contribution in [3.63, 3.8) is 0 Å². The predicted molar refractivity (Wildman–Crippen MR) is 121 cm³/mol. The summed E-state index contributed by atoms with van der Waals surface area (Å²) in [5.41, 5.74) is 1.66. The number of hydrogen-bond acceptors (Lipinski definition) is 4. The molecule has 1 saturated heterocycles. The number of thiophene rings is 1. The maximum atomic E-state index is 5.56. The van der Waals surface area contributed by atoms with Crippen LogP contribution in [0.4, 0.5) is 0 Å². The Balaban J connectivity index is 1.42. The Morgan fingerprint density at radius 1 is 1.14 bits per heavy atom. The van der Waals surface area contributed by atoms with Crippen LogP contribution >= 0.6 is 11.3 Å². The van der Waals surface area contributed by atoms with Crippen molar-refractivity contribution in [1.82, 2.24) is 15.5 Å². The summed E-state index contributed by atoms with van der Waals surface area (Å²) < 4.78 is 5.56. The number of ether oxygens (including phenoxy) is 1. The average Bonchev–Trinajstić information content (AvgIpc) is 3.38. The molecule has 2 heterocycles. The Hall–Kier alpha value is -1.89. The smallest absolute Gasteiger partial charge is 0.191 e. The van der Waals surface area contributed by atoms with Gasteiger partial charge < -0.3 is 15.4 Å². The van der Waals surface area contributed by atoms with E-state index in [0.29, 0.717) is 6.04 Å². The molecule has 1 aliphatic carbocycles. The molecule has 2 N–H and O–H groups in total. The second kappa shape index (κ2) is 9.74. The first-order valence-corrected chi connectivity index (χ1v) is 11.6. The van der Waals surface area contributed by atoms with Crippen LogP contribution in [0.1, 0.15) is 36.2 Å². The number of nitrogens with zero attached hydrogens (tertiary/aromatic N) is 2. The van der Waals surface area contributed by atoms with Gasteiger partial charge in [0, 0.05) is 36.5 Å². The third kappa shape index (κ3) is 5.18. The molecule has 29 heavy (non-hydrogen) atoms. The van der Waals surface area contributed by atoms with Crippen molar-refractivity contribution in [3.8, 4) is 0 Å². The molecule has 1 aromatic heterocycles. The van der Waals surface area contributed by atoms with Crippen LogP contribution < -0.4 is 10.6 Å². The van der Waals surface area contributed by atoms with Gasteiger partial charge >= 0.3 is 0 Å². The van der Waals surface area contributed by atoms with Crippen molar-refractivity contribution in [2.75, 3.05) is 45.9 Å². The lowest BCUT2D eigenvalue weighted by Gasteiger charge is -2.34. The van der Waals surface area contributed by atoms with Crippen molar-refractivity contribution in [2.24, 2.45) is 4.99 Å². The van der Waals surface area contributed by atoms with E-state index in [4.69, 9.17) is 9.73 Å². The highest BCUT2D eigenvalue weighted by molar-refractivity contribution is 7.10. The summed E-state index contributed by atoms with van der Waals surface area (Å²) in [6.45, 7) is 8.28. The molecular weight excluding hydrogens is 380 g/mol. The van der Waals surface area contributed by atoms with E-state index in [2.05, 4.69) is 70.3 Å². The summed E-state index contributed by atoms with van der Waals surface area (Å²) in [4.78, 5) is 8.90. The second-order valence-corrected chi connectivity index (χ2v) is 8.88. The van der Waals surface area contributed by atoms with Gasteiger partial charge in [-0.05, 0) is 36.8 Å². The van der Waals surface area contributed by atoms with Gasteiger partial charge in [-0.15, -0.1) is 11.3 Å². The molecule has 4 rings (SSSR count). The van der Waals surface area contributed by atoms with Gasteiger partial charge in [-0.1, -0.05) is 36.4 Å². The Kier molecular flexibility index (Phi) is 6.85. The Morgan fingerprint density at radius 2 is 1.93 bits per heavy atom. The molecule has 0 spiro atoms. The van der Waals surface area contributed by atoms with Gasteiger partial charge in [-0.2, -0.15) is 0 Å². The molecule has 2 fully saturated rings. The highest BCUT2D eigenvalue weighted by Gasteiger charge is 2.44. The SMILES string of the molecule is CCNC(=NCC1(c2ccccc2)CC1)NCC(c1cccs1)N1CCOCC1. The number of guanidine groups is 1. The normalized spacial score (nSPS) is 20.2. The number of rotatable bonds is 8. The maximum Gasteiger partial charge on any atom is 0.191 e. The van der Waals surface area contributed by atoms with Crippen LogP contribution in [-0.2, 0) is 10.2 Å². The van der Waals surface area contributed by atoms with E-state index in [1.807, 2.05) is 11.3 Å². The lowest BCUT2D eigenvalue weighted by molar-refractivity contribution is 0.0177. The largest absolute Gasteiger partial charge is 0.379 e. The van der Waals surface area contributed by atoms with Crippen LogP contribution in [0.5, 0.6) is 0 Å². The van der Waals surface area contributed by atoms with Crippen LogP contribution in [0.3, 0.4) is 0 Å². The van der Waals surface area contributed by atoms with Crippen LogP contribution in [0.2, 0.25) is 0 Å². The van der Waals surface area contributed by atoms with E-state index in [9.17, 15) is 0 Å². The highest BCUT2D eigenvalue weighted by Crippen LogP contribution is 2.48. The number of benzene rings is 1. The van der Waals surface area contributed by atoms with Gasteiger partial charge in [0.25, 0.3) is 0 Å². The minimum Gasteiger partial charge on any atom is -0.379 e. The minimum atomic E-state index is 0.237. The van der Waals surface area contributed by atoms with Crippen LogP contribution in [0.15, 0.2) is 52.8 Å². The molecule has 0 radical (unpaired) electrons. The summed E-state index contributed by atoms with van der Waals surface area (Å²) in [6, 6.07) is 15.6. The molecule has 156 valence electrons. The van der Waals surface area contributed by atoms with Gasteiger partial charge in [0.1, 0.15) is 0 Å². The van der Waals surface area contributed by atoms with Gasteiger partial charge in [-0.25, -0.2) is 0 Å². The van der Waals surface area contributed by atoms with Crippen LogP contribution in [0.25, 0.3) is 0 Å². The zero-order chi connectivity index (χ0) is 19.9. The average molecular weight is 413 g/mol. The quantitative estimate of drug-likeness (QED) is 0.515. The van der Waals surface area contributed by atoms with Crippen LogP contribution in [-0.4, -0.2) is 56.8 Å². The van der Waals surface area contributed by atoms with Crippen molar-refractivity contribution < 1.29 is 4.74 Å². The van der Waals surface area contributed by atoms with Crippen molar-refractivity contribution in [1.29, 1.82) is 0 Å². The first-order chi connectivity index (χ1) is 14.3. The van der Waals surface area contributed by atoms with E-state index < -0.39 is 0 Å². The fourth-order valence-corrected chi connectivity index (χ4v) is 4.89. The Morgan fingerprint density at radius 3 is 2.59 bits per heavy atom. The van der Waals surface area contributed by atoms with Gasteiger partial charge in [0.15, 0.2) is 5.96 Å². The zero-order valence-corrected chi connectivity index (χ0v) is 18.1.